The van der Waals surface area contributed by atoms with Gasteiger partial charge in [-0.25, -0.2) is 0 Å². The van der Waals surface area contributed by atoms with Gasteiger partial charge >= 0.3 is 0 Å². The third kappa shape index (κ3) is 7.03. The van der Waals surface area contributed by atoms with E-state index in [1.54, 1.807) is 6.08 Å². The Morgan fingerprint density at radius 3 is 2.32 bits per heavy atom. The van der Waals surface area contributed by atoms with Crippen LogP contribution in [-0.2, 0) is 4.79 Å². The molecule has 0 saturated carbocycles. The zero-order valence-corrected chi connectivity index (χ0v) is 18.5. The minimum absolute atomic E-state index is 0. The second-order valence-corrected chi connectivity index (χ2v) is 6.58. The first kappa shape index (κ1) is 21.3. The van der Waals surface area contributed by atoms with Crippen LogP contribution in [0.15, 0.2) is 58.7 Å². The van der Waals surface area contributed by atoms with Gasteiger partial charge in [-0.1, -0.05) is 55.4 Å². The zero-order chi connectivity index (χ0) is 15.9. The number of rotatable bonds is 5. The first-order valence-electron chi connectivity index (χ1n) is 7.72. The quantitative estimate of drug-likeness (QED) is 0.220. The molecule has 0 spiro atoms. The van der Waals surface area contributed by atoms with Crippen molar-refractivity contribution in [1.82, 2.24) is 0 Å². The molecule has 4 radical (unpaired) electrons. The first-order chi connectivity index (χ1) is 9.86. The van der Waals surface area contributed by atoms with Crippen LogP contribution in [0, 0.1) is 5.41 Å². The van der Waals surface area contributed by atoms with E-state index in [-0.39, 0.29) is 32.7 Å². The summed E-state index contributed by atoms with van der Waals surface area (Å²) >= 11 is 0. The van der Waals surface area contributed by atoms with Crippen molar-refractivity contribution in [3.63, 3.8) is 0 Å². The molecule has 0 atom stereocenters. The van der Waals surface area contributed by atoms with Gasteiger partial charge in [-0.05, 0) is 62.7 Å². The number of allylic oxidation sites excluding steroid dienone is 10. The Bertz CT molecular complexity index is 528. The summed E-state index contributed by atoms with van der Waals surface area (Å²) < 4.78 is 0. The number of hydrogen-bond donors (Lipinski definition) is 0. The average molecular weight is 492 g/mol. The van der Waals surface area contributed by atoms with Crippen molar-refractivity contribution < 1.29 is 4.79 Å². The fourth-order valence-corrected chi connectivity index (χ4v) is 2.80. The molecule has 0 unspecified atom stereocenters. The minimum Gasteiger partial charge on any atom is -0.299 e. The second kappa shape index (κ2) is 10.1. The van der Waals surface area contributed by atoms with Gasteiger partial charge in [-0.2, -0.15) is 0 Å². The monoisotopic (exact) mass is 492 g/mol. The maximum Gasteiger partial charge on any atom is 0.143 e. The van der Waals surface area contributed by atoms with Crippen LogP contribution >= 0.6 is 0 Å². The van der Waals surface area contributed by atoms with Crippen LogP contribution in [0.3, 0.4) is 0 Å². The summed E-state index contributed by atoms with van der Waals surface area (Å²) in [5.41, 5.74) is 5.48. The fraction of sp³-hybridized carbons (Fsp3) is 0.450. The van der Waals surface area contributed by atoms with E-state index in [9.17, 15) is 4.79 Å². The van der Waals surface area contributed by atoms with Crippen molar-refractivity contribution in [2.45, 2.75) is 53.9 Å². The topological polar surface area (TPSA) is 17.1 Å². The Balaban J connectivity index is 0.00000441. The summed E-state index contributed by atoms with van der Waals surface area (Å²) in [7, 11) is 0. The molecule has 118 valence electrons. The normalized spacial score (nSPS) is 19.7. The van der Waals surface area contributed by atoms with E-state index in [0.717, 1.165) is 11.9 Å². The molecule has 0 aromatic heterocycles. The van der Waals surface area contributed by atoms with Crippen molar-refractivity contribution in [2.24, 2.45) is 5.41 Å². The molecule has 0 saturated heterocycles. The number of carbonyl (C=O) groups is 1. The standard InChI is InChI=1S/C20H28O.Pb/c1-16(8-6-9-17(2)13-15-21)11-12-19-18(3)10-7-14-20(19,4)5;/h6,8-9,11-13,15H,7,10,14H2,1-5H3;. The van der Waals surface area contributed by atoms with Gasteiger partial charge in [-0.15, -0.1) is 0 Å². The molecule has 2 heteroatoms. The van der Waals surface area contributed by atoms with Crippen LogP contribution in [0.2, 0.25) is 0 Å². The summed E-state index contributed by atoms with van der Waals surface area (Å²) in [4.78, 5) is 10.3. The van der Waals surface area contributed by atoms with E-state index in [1.807, 2.05) is 19.1 Å². The summed E-state index contributed by atoms with van der Waals surface area (Å²) in [6.45, 7) is 10.9. The van der Waals surface area contributed by atoms with Gasteiger partial charge in [0.05, 0.1) is 0 Å². The van der Waals surface area contributed by atoms with Crippen LogP contribution in [-0.4, -0.2) is 33.6 Å². The summed E-state index contributed by atoms with van der Waals surface area (Å²) in [6.07, 6.45) is 16.6. The van der Waals surface area contributed by atoms with E-state index >= 15 is 0 Å². The Morgan fingerprint density at radius 1 is 1.09 bits per heavy atom. The van der Waals surface area contributed by atoms with Crippen molar-refractivity contribution in [3.8, 4) is 0 Å². The third-order valence-electron chi connectivity index (χ3n) is 4.10. The maximum absolute atomic E-state index is 10.3. The molecule has 0 heterocycles. The Labute approximate surface area is 156 Å². The molecule has 0 amide bonds. The molecule has 0 aromatic rings. The van der Waals surface area contributed by atoms with Gasteiger partial charge in [0.2, 0.25) is 0 Å². The van der Waals surface area contributed by atoms with E-state index in [2.05, 4.69) is 45.9 Å². The molecule has 1 aliphatic carbocycles. The molecule has 0 aromatic carbocycles. The van der Waals surface area contributed by atoms with E-state index in [1.165, 1.54) is 36.0 Å². The van der Waals surface area contributed by atoms with Crippen molar-refractivity contribution in [3.05, 3.63) is 58.7 Å². The molecular weight excluding hydrogens is 463 g/mol. The predicted molar refractivity (Wildman–Crippen MR) is 97.9 cm³/mol. The van der Waals surface area contributed by atoms with Crippen LogP contribution in [0.25, 0.3) is 0 Å². The molecule has 0 N–H and O–H groups in total. The zero-order valence-electron chi connectivity index (χ0n) is 14.6. The Kier molecular flexibility index (Phi) is 9.81. The molecule has 1 nitrogen and oxygen atoms in total. The number of aldehydes is 1. The van der Waals surface area contributed by atoms with Gasteiger partial charge in [-0.3, -0.25) is 4.79 Å². The fourth-order valence-electron chi connectivity index (χ4n) is 2.80. The average Bonchev–Trinajstić information content (AvgIpc) is 2.37. The molecule has 0 fully saturated rings. The largest absolute Gasteiger partial charge is 0.299 e. The predicted octanol–water partition coefficient (Wildman–Crippen LogP) is 5.34. The summed E-state index contributed by atoms with van der Waals surface area (Å²) in [6, 6.07) is 0. The van der Waals surface area contributed by atoms with E-state index in [0.29, 0.717) is 0 Å². The van der Waals surface area contributed by atoms with E-state index < -0.39 is 0 Å². The SMILES string of the molecule is CC(C=CC=C(C)C=CC1=C(C)CCCC1(C)C)=CC=O.[Pb]. The van der Waals surface area contributed by atoms with Gasteiger partial charge < -0.3 is 0 Å². The first-order valence-corrected chi connectivity index (χ1v) is 7.72. The third-order valence-corrected chi connectivity index (χ3v) is 4.10. The molecule has 22 heavy (non-hydrogen) atoms. The Hall–Kier alpha value is -0.708. The van der Waals surface area contributed by atoms with Crippen LogP contribution in [0.4, 0.5) is 0 Å². The molecular formula is C20H28OPb. The number of carbonyl (C=O) groups excluding carboxylic acids is 1. The van der Waals surface area contributed by atoms with Gasteiger partial charge in [0, 0.05) is 27.3 Å². The van der Waals surface area contributed by atoms with Crippen molar-refractivity contribution in [1.29, 1.82) is 0 Å². The van der Waals surface area contributed by atoms with Gasteiger partial charge in [0.25, 0.3) is 0 Å². The molecule has 1 rings (SSSR count). The second-order valence-electron chi connectivity index (χ2n) is 6.58. The molecule has 0 aliphatic heterocycles. The minimum atomic E-state index is 0. The molecule has 1 aliphatic rings. The molecule has 0 bridgehead atoms. The van der Waals surface area contributed by atoms with Gasteiger partial charge in [0.1, 0.15) is 6.29 Å². The van der Waals surface area contributed by atoms with Gasteiger partial charge in [0.15, 0.2) is 0 Å². The van der Waals surface area contributed by atoms with Crippen molar-refractivity contribution >= 4 is 33.6 Å². The van der Waals surface area contributed by atoms with Crippen molar-refractivity contribution in [2.75, 3.05) is 0 Å². The summed E-state index contributed by atoms with van der Waals surface area (Å²) in [5, 5.41) is 0. The summed E-state index contributed by atoms with van der Waals surface area (Å²) in [5.74, 6) is 0. The van der Waals surface area contributed by atoms with Crippen LogP contribution in [0.5, 0.6) is 0 Å². The van der Waals surface area contributed by atoms with Crippen LogP contribution < -0.4 is 0 Å². The number of hydrogen-bond acceptors (Lipinski definition) is 1. The maximum atomic E-state index is 10.3. The van der Waals surface area contributed by atoms with E-state index in [4.69, 9.17) is 0 Å². The smallest absolute Gasteiger partial charge is 0.143 e. The van der Waals surface area contributed by atoms with Crippen LogP contribution in [0.1, 0.15) is 53.9 Å². The Morgan fingerprint density at radius 2 is 1.73 bits per heavy atom.